The van der Waals surface area contributed by atoms with Crippen LogP contribution in [0.25, 0.3) is 16.9 Å². The monoisotopic (exact) mass is 251 g/mol. The zero-order chi connectivity index (χ0) is 13.4. The van der Waals surface area contributed by atoms with Crippen molar-refractivity contribution in [1.29, 1.82) is 0 Å². The Balaban J connectivity index is 2.18. The Kier molecular flexibility index (Phi) is 2.63. The molecule has 4 heteroatoms. The van der Waals surface area contributed by atoms with Crippen LogP contribution in [0.3, 0.4) is 0 Å². The van der Waals surface area contributed by atoms with Gasteiger partial charge in [-0.15, -0.1) is 0 Å². The molecule has 3 aromatic rings. The Morgan fingerprint density at radius 3 is 2.58 bits per heavy atom. The van der Waals surface area contributed by atoms with E-state index in [0.717, 1.165) is 23.1 Å². The molecule has 0 saturated heterocycles. The average Bonchev–Trinajstić information content (AvgIpc) is 2.82. The maximum Gasteiger partial charge on any atom is 0.151 e. The largest absolute Gasteiger partial charge is 0.298 e. The topological polar surface area (TPSA) is 47.8 Å². The van der Waals surface area contributed by atoms with E-state index in [9.17, 15) is 4.79 Å². The Labute approximate surface area is 110 Å². The van der Waals surface area contributed by atoms with Crippen LogP contribution < -0.4 is 0 Å². The van der Waals surface area contributed by atoms with Gasteiger partial charge in [0.05, 0.1) is 11.0 Å². The molecule has 3 rings (SSSR count). The summed E-state index contributed by atoms with van der Waals surface area (Å²) < 4.78 is 1.93. The first-order valence-electron chi connectivity index (χ1n) is 6.05. The normalized spacial score (nSPS) is 10.8. The van der Waals surface area contributed by atoms with E-state index in [4.69, 9.17) is 0 Å². The third-order valence-electron chi connectivity index (χ3n) is 3.32. The Hall–Kier alpha value is -2.49. The van der Waals surface area contributed by atoms with Gasteiger partial charge in [-0.3, -0.25) is 9.36 Å². The van der Waals surface area contributed by atoms with Crippen LogP contribution in [0.2, 0.25) is 0 Å². The zero-order valence-corrected chi connectivity index (χ0v) is 10.8. The molecule has 2 heterocycles. The lowest BCUT2D eigenvalue weighted by atomic mass is 10.1. The van der Waals surface area contributed by atoms with Gasteiger partial charge in [-0.05, 0) is 49.2 Å². The molecular weight excluding hydrogens is 238 g/mol. The quantitative estimate of drug-likeness (QED) is 0.658. The van der Waals surface area contributed by atoms with Crippen LogP contribution in [0.4, 0.5) is 0 Å². The van der Waals surface area contributed by atoms with Crippen molar-refractivity contribution in [2.45, 2.75) is 13.8 Å². The molecule has 0 fully saturated rings. The van der Waals surface area contributed by atoms with Gasteiger partial charge in [0.15, 0.2) is 6.29 Å². The van der Waals surface area contributed by atoms with E-state index in [2.05, 4.69) is 35.9 Å². The van der Waals surface area contributed by atoms with E-state index in [1.165, 1.54) is 11.1 Å². The summed E-state index contributed by atoms with van der Waals surface area (Å²) in [7, 11) is 0. The lowest BCUT2D eigenvalue weighted by molar-refractivity contribution is 0.112. The van der Waals surface area contributed by atoms with Crippen LogP contribution in [-0.4, -0.2) is 20.8 Å². The number of benzene rings is 1. The van der Waals surface area contributed by atoms with Crippen molar-refractivity contribution in [3.8, 4) is 5.82 Å². The van der Waals surface area contributed by atoms with Crippen LogP contribution in [-0.2, 0) is 0 Å². The van der Waals surface area contributed by atoms with Gasteiger partial charge < -0.3 is 0 Å². The number of pyridine rings is 1. The lowest BCUT2D eigenvalue weighted by Crippen LogP contribution is -1.96. The van der Waals surface area contributed by atoms with Crippen molar-refractivity contribution in [1.82, 2.24) is 14.5 Å². The predicted octanol–water partition coefficient (Wildman–Crippen LogP) is 2.85. The van der Waals surface area contributed by atoms with Crippen LogP contribution in [0.1, 0.15) is 21.5 Å². The van der Waals surface area contributed by atoms with E-state index < -0.39 is 0 Å². The summed E-state index contributed by atoms with van der Waals surface area (Å²) in [6, 6.07) is 7.75. The maximum absolute atomic E-state index is 10.6. The number of aromatic nitrogens is 3. The number of nitrogens with zero attached hydrogens (tertiary/aromatic N) is 3. The van der Waals surface area contributed by atoms with E-state index >= 15 is 0 Å². The molecule has 0 N–H and O–H groups in total. The molecule has 0 aliphatic rings. The number of hydrogen-bond acceptors (Lipinski definition) is 3. The fourth-order valence-corrected chi connectivity index (χ4v) is 2.06. The minimum atomic E-state index is 0.570. The summed E-state index contributed by atoms with van der Waals surface area (Å²) in [4.78, 5) is 19.3. The second-order valence-electron chi connectivity index (χ2n) is 4.61. The fraction of sp³-hybridized carbons (Fsp3) is 0.133. The van der Waals surface area contributed by atoms with Gasteiger partial charge in [0, 0.05) is 11.8 Å². The number of aldehydes is 1. The molecule has 0 atom stereocenters. The molecule has 0 radical (unpaired) electrons. The molecule has 0 aliphatic heterocycles. The van der Waals surface area contributed by atoms with Gasteiger partial charge >= 0.3 is 0 Å². The number of fused-ring (bicyclic) bond motifs is 1. The summed E-state index contributed by atoms with van der Waals surface area (Å²) in [5, 5.41) is 0. The van der Waals surface area contributed by atoms with Crippen molar-refractivity contribution >= 4 is 17.3 Å². The highest BCUT2D eigenvalue weighted by Crippen LogP contribution is 2.20. The number of imidazole rings is 1. The SMILES string of the molecule is Cc1cc2ncn(-c3ccc(C=O)cn3)c2cc1C. The molecule has 0 aliphatic carbocycles. The minimum absolute atomic E-state index is 0.570. The third kappa shape index (κ3) is 1.91. The van der Waals surface area contributed by atoms with Crippen molar-refractivity contribution in [3.63, 3.8) is 0 Å². The number of carbonyl (C=O) groups excluding carboxylic acids is 1. The van der Waals surface area contributed by atoms with Crippen molar-refractivity contribution in [2.24, 2.45) is 0 Å². The fourth-order valence-electron chi connectivity index (χ4n) is 2.06. The van der Waals surface area contributed by atoms with Crippen LogP contribution in [0, 0.1) is 13.8 Å². The van der Waals surface area contributed by atoms with Gasteiger partial charge in [0.1, 0.15) is 12.1 Å². The van der Waals surface area contributed by atoms with Crippen LogP contribution in [0.15, 0.2) is 36.8 Å². The number of hydrogen-bond donors (Lipinski definition) is 0. The van der Waals surface area contributed by atoms with Gasteiger partial charge in [0.25, 0.3) is 0 Å². The number of rotatable bonds is 2. The smallest absolute Gasteiger partial charge is 0.151 e. The molecule has 0 saturated carbocycles. The van der Waals surface area contributed by atoms with Gasteiger partial charge in [-0.25, -0.2) is 9.97 Å². The molecule has 2 aromatic heterocycles. The highest BCUT2D eigenvalue weighted by molar-refractivity contribution is 5.79. The summed E-state index contributed by atoms with van der Waals surface area (Å²) >= 11 is 0. The minimum Gasteiger partial charge on any atom is -0.298 e. The summed E-state index contributed by atoms with van der Waals surface area (Å²) in [6.45, 7) is 4.15. The number of aryl methyl sites for hydroxylation is 2. The lowest BCUT2D eigenvalue weighted by Gasteiger charge is -2.05. The maximum atomic E-state index is 10.6. The molecule has 19 heavy (non-hydrogen) atoms. The Morgan fingerprint density at radius 2 is 1.89 bits per heavy atom. The molecule has 0 spiro atoms. The Bertz CT molecular complexity index is 757. The van der Waals surface area contributed by atoms with Crippen LogP contribution in [0.5, 0.6) is 0 Å². The second kappa shape index (κ2) is 4.31. The van der Waals surface area contributed by atoms with Crippen molar-refractivity contribution in [2.75, 3.05) is 0 Å². The molecular formula is C15H13N3O. The summed E-state index contributed by atoms with van der Waals surface area (Å²) in [5.74, 6) is 0.761. The average molecular weight is 251 g/mol. The summed E-state index contributed by atoms with van der Waals surface area (Å²) in [6.07, 6.45) is 4.11. The van der Waals surface area contributed by atoms with E-state index in [1.807, 2.05) is 10.6 Å². The molecule has 4 nitrogen and oxygen atoms in total. The second-order valence-corrected chi connectivity index (χ2v) is 4.61. The molecule has 0 unspecified atom stereocenters. The highest BCUT2D eigenvalue weighted by Gasteiger charge is 2.07. The first-order valence-corrected chi connectivity index (χ1v) is 6.05. The van der Waals surface area contributed by atoms with Gasteiger partial charge in [-0.2, -0.15) is 0 Å². The van der Waals surface area contributed by atoms with Crippen LogP contribution >= 0.6 is 0 Å². The molecule has 0 bridgehead atoms. The third-order valence-corrected chi connectivity index (χ3v) is 3.32. The highest BCUT2D eigenvalue weighted by atomic mass is 16.1. The number of carbonyl (C=O) groups is 1. The van der Waals surface area contributed by atoms with Gasteiger partial charge in [0.2, 0.25) is 0 Å². The zero-order valence-electron chi connectivity index (χ0n) is 10.8. The Morgan fingerprint density at radius 1 is 1.11 bits per heavy atom. The molecule has 1 aromatic carbocycles. The predicted molar refractivity (Wildman–Crippen MR) is 73.7 cm³/mol. The van der Waals surface area contributed by atoms with E-state index in [-0.39, 0.29) is 0 Å². The first kappa shape index (κ1) is 11.6. The standard InChI is InChI=1S/C15H13N3O/c1-10-5-13-14(6-11(10)2)18(9-17-13)15-4-3-12(8-19)7-16-15/h3-9H,1-2H3. The molecule has 94 valence electrons. The van der Waals surface area contributed by atoms with Crippen molar-refractivity contribution < 1.29 is 4.79 Å². The molecule has 0 amide bonds. The first-order chi connectivity index (χ1) is 9.19. The van der Waals surface area contributed by atoms with Crippen molar-refractivity contribution in [3.05, 3.63) is 53.5 Å². The van der Waals surface area contributed by atoms with Gasteiger partial charge in [-0.1, -0.05) is 0 Å². The summed E-state index contributed by atoms with van der Waals surface area (Å²) in [5.41, 5.74) is 4.99. The van der Waals surface area contributed by atoms with E-state index in [1.54, 1.807) is 18.6 Å². The van der Waals surface area contributed by atoms with E-state index in [0.29, 0.717) is 5.56 Å².